The van der Waals surface area contributed by atoms with Crippen LogP contribution in [-0.2, 0) is 0 Å². The SMILES string of the molecule is CN(C)c1cccc(-c2ccc3c(n2)N[C@H]2CCCN3C2)c1. The van der Waals surface area contributed by atoms with Crippen molar-refractivity contribution in [1.29, 1.82) is 0 Å². The van der Waals surface area contributed by atoms with Crippen molar-refractivity contribution in [2.45, 2.75) is 18.9 Å². The van der Waals surface area contributed by atoms with E-state index in [1.165, 1.54) is 29.8 Å². The van der Waals surface area contributed by atoms with Crippen molar-refractivity contribution in [3.63, 3.8) is 0 Å². The molecule has 1 aromatic heterocycles. The van der Waals surface area contributed by atoms with E-state index in [4.69, 9.17) is 4.98 Å². The van der Waals surface area contributed by atoms with Crippen LogP contribution in [0, 0.1) is 0 Å². The first kappa shape index (κ1) is 13.4. The fourth-order valence-corrected chi connectivity index (χ4v) is 3.42. The Hall–Kier alpha value is -2.23. The smallest absolute Gasteiger partial charge is 0.150 e. The zero-order valence-corrected chi connectivity index (χ0v) is 13.2. The number of aromatic nitrogens is 1. The minimum atomic E-state index is 0.553. The second kappa shape index (κ2) is 5.20. The number of pyridine rings is 1. The third kappa shape index (κ3) is 2.28. The minimum absolute atomic E-state index is 0.553. The van der Waals surface area contributed by atoms with Crippen LogP contribution >= 0.6 is 0 Å². The molecule has 0 unspecified atom stereocenters. The van der Waals surface area contributed by atoms with Crippen LogP contribution in [0.1, 0.15) is 12.8 Å². The zero-order chi connectivity index (χ0) is 15.1. The molecule has 0 spiro atoms. The lowest BCUT2D eigenvalue weighted by Crippen LogP contribution is -2.46. The van der Waals surface area contributed by atoms with Crippen LogP contribution in [0.2, 0.25) is 0 Å². The molecule has 4 nitrogen and oxygen atoms in total. The highest BCUT2D eigenvalue weighted by Crippen LogP contribution is 2.35. The van der Waals surface area contributed by atoms with Gasteiger partial charge in [0.15, 0.2) is 5.82 Å². The molecule has 2 aliphatic rings. The number of piperidine rings is 1. The quantitative estimate of drug-likeness (QED) is 0.921. The summed E-state index contributed by atoms with van der Waals surface area (Å²) in [6.07, 6.45) is 2.52. The highest BCUT2D eigenvalue weighted by molar-refractivity contribution is 5.75. The first-order valence-electron chi connectivity index (χ1n) is 8.01. The summed E-state index contributed by atoms with van der Waals surface area (Å²) in [4.78, 5) is 9.48. The molecule has 22 heavy (non-hydrogen) atoms. The molecule has 0 radical (unpaired) electrons. The van der Waals surface area contributed by atoms with E-state index in [0.717, 1.165) is 24.6 Å². The van der Waals surface area contributed by atoms with Gasteiger partial charge in [0.1, 0.15) is 0 Å². The summed E-state index contributed by atoms with van der Waals surface area (Å²) in [5.74, 6) is 1.05. The third-order valence-electron chi connectivity index (χ3n) is 4.64. The third-order valence-corrected chi connectivity index (χ3v) is 4.64. The summed E-state index contributed by atoms with van der Waals surface area (Å²) >= 11 is 0. The maximum absolute atomic E-state index is 4.90. The van der Waals surface area contributed by atoms with Gasteiger partial charge in [-0.1, -0.05) is 12.1 Å². The van der Waals surface area contributed by atoms with Crippen molar-refractivity contribution < 1.29 is 0 Å². The van der Waals surface area contributed by atoms with Gasteiger partial charge in [-0.3, -0.25) is 0 Å². The number of anilines is 3. The first-order chi connectivity index (χ1) is 10.7. The average molecular weight is 294 g/mol. The van der Waals surface area contributed by atoms with Gasteiger partial charge in [-0.25, -0.2) is 4.98 Å². The lowest BCUT2D eigenvalue weighted by atomic mass is 10.0. The molecule has 4 heteroatoms. The Kier molecular flexibility index (Phi) is 3.17. The summed E-state index contributed by atoms with van der Waals surface area (Å²) in [6.45, 7) is 2.27. The monoisotopic (exact) mass is 294 g/mol. The second-order valence-electron chi connectivity index (χ2n) is 6.44. The molecule has 1 atom stereocenters. The van der Waals surface area contributed by atoms with Crippen LogP contribution < -0.4 is 15.1 Å². The lowest BCUT2D eigenvalue weighted by molar-refractivity contribution is 0.516. The van der Waals surface area contributed by atoms with Crippen LogP contribution in [0.15, 0.2) is 36.4 Å². The van der Waals surface area contributed by atoms with Gasteiger partial charge in [-0.2, -0.15) is 0 Å². The maximum atomic E-state index is 4.90. The molecule has 0 aliphatic carbocycles. The minimum Gasteiger partial charge on any atom is -0.378 e. The Morgan fingerprint density at radius 1 is 1.23 bits per heavy atom. The van der Waals surface area contributed by atoms with Gasteiger partial charge >= 0.3 is 0 Å². The van der Waals surface area contributed by atoms with Gasteiger partial charge < -0.3 is 15.1 Å². The number of hydrogen-bond acceptors (Lipinski definition) is 4. The molecule has 1 saturated heterocycles. The van der Waals surface area contributed by atoms with Crippen LogP contribution in [0.3, 0.4) is 0 Å². The zero-order valence-electron chi connectivity index (χ0n) is 13.2. The fraction of sp³-hybridized carbons (Fsp3) is 0.389. The van der Waals surface area contributed by atoms with Crippen LogP contribution in [0.5, 0.6) is 0 Å². The van der Waals surface area contributed by atoms with E-state index in [1.807, 2.05) is 0 Å². The van der Waals surface area contributed by atoms with Crippen molar-refractivity contribution >= 4 is 17.2 Å². The van der Waals surface area contributed by atoms with Gasteiger partial charge in [0, 0.05) is 44.5 Å². The number of rotatable bonds is 2. The van der Waals surface area contributed by atoms with Gasteiger partial charge in [0.25, 0.3) is 0 Å². The van der Waals surface area contributed by atoms with E-state index in [0.29, 0.717) is 6.04 Å². The van der Waals surface area contributed by atoms with E-state index in [9.17, 15) is 0 Å². The van der Waals surface area contributed by atoms with Gasteiger partial charge in [-0.05, 0) is 37.1 Å². The van der Waals surface area contributed by atoms with Crippen molar-refractivity contribution in [1.82, 2.24) is 4.98 Å². The highest BCUT2D eigenvalue weighted by atomic mass is 15.2. The van der Waals surface area contributed by atoms with Gasteiger partial charge in [0.2, 0.25) is 0 Å². The van der Waals surface area contributed by atoms with Crippen molar-refractivity contribution in [3.05, 3.63) is 36.4 Å². The van der Waals surface area contributed by atoms with Crippen molar-refractivity contribution in [2.75, 3.05) is 42.3 Å². The topological polar surface area (TPSA) is 31.4 Å². The molecule has 114 valence electrons. The van der Waals surface area contributed by atoms with Crippen molar-refractivity contribution in [3.8, 4) is 11.3 Å². The van der Waals surface area contributed by atoms with E-state index in [-0.39, 0.29) is 0 Å². The Bertz CT molecular complexity index is 695. The molecule has 0 saturated carbocycles. The fourth-order valence-electron chi connectivity index (χ4n) is 3.42. The Balaban J connectivity index is 1.72. The maximum Gasteiger partial charge on any atom is 0.150 e. The normalized spacial score (nSPS) is 19.4. The van der Waals surface area contributed by atoms with Crippen molar-refractivity contribution in [2.24, 2.45) is 0 Å². The average Bonchev–Trinajstić information content (AvgIpc) is 2.54. The summed E-state index contributed by atoms with van der Waals surface area (Å²) in [6, 6.07) is 13.5. The number of fused-ring (bicyclic) bond motifs is 4. The Labute approximate surface area is 131 Å². The van der Waals surface area contributed by atoms with Crippen LogP contribution in [0.25, 0.3) is 11.3 Å². The van der Waals surface area contributed by atoms with E-state index in [1.54, 1.807) is 0 Å². The predicted molar refractivity (Wildman–Crippen MR) is 92.9 cm³/mol. The summed E-state index contributed by atoms with van der Waals surface area (Å²) in [5.41, 5.74) is 4.66. The second-order valence-corrected chi connectivity index (χ2v) is 6.44. The molecule has 0 amide bonds. The van der Waals surface area contributed by atoms with Gasteiger partial charge in [0.05, 0.1) is 11.4 Å². The van der Waals surface area contributed by atoms with E-state index in [2.05, 4.69) is 65.6 Å². The standard InChI is InChI=1S/C18H22N4/c1-21(2)15-7-3-5-13(11-15)16-8-9-17-18(20-16)19-14-6-4-10-22(17)12-14/h3,5,7-9,11,14H,4,6,10,12H2,1-2H3,(H,19,20)/t14-/m0/s1. The molecular weight excluding hydrogens is 272 g/mol. The molecule has 2 bridgehead atoms. The molecule has 4 rings (SSSR count). The van der Waals surface area contributed by atoms with Crippen LogP contribution in [0.4, 0.5) is 17.2 Å². The molecule has 3 heterocycles. The number of hydrogen-bond donors (Lipinski definition) is 1. The highest BCUT2D eigenvalue weighted by Gasteiger charge is 2.28. The Morgan fingerprint density at radius 3 is 3.00 bits per heavy atom. The number of nitrogens with zero attached hydrogens (tertiary/aromatic N) is 3. The molecule has 2 aromatic rings. The summed E-state index contributed by atoms with van der Waals surface area (Å²) in [7, 11) is 4.13. The number of benzene rings is 1. The van der Waals surface area contributed by atoms with E-state index < -0.39 is 0 Å². The summed E-state index contributed by atoms with van der Waals surface area (Å²) < 4.78 is 0. The van der Waals surface area contributed by atoms with Gasteiger partial charge in [-0.15, -0.1) is 0 Å². The molecule has 2 aliphatic heterocycles. The van der Waals surface area contributed by atoms with Crippen LogP contribution in [-0.4, -0.2) is 38.2 Å². The first-order valence-corrected chi connectivity index (χ1v) is 8.01. The van der Waals surface area contributed by atoms with E-state index >= 15 is 0 Å². The predicted octanol–water partition coefficient (Wildman–Crippen LogP) is 3.21. The summed E-state index contributed by atoms with van der Waals surface area (Å²) in [5, 5.41) is 3.61. The lowest BCUT2D eigenvalue weighted by Gasteiger charge is -2.40. The molecule has 1 fully saturated rings. The molecule has 1 N–H and O–H groups in total. The molecule has 1 aromatic carbocycles. The molecular formula is C18H22N4. The Morgan fingerprint density at radius 2 is 2.14 bits per heavy atom. The number of nitrogens with one attached hydrogen (secondary N) is 1. The largest absolute Gasteiger partial charge is 0.378 e.